The molecule has 0 radical (unpaired) electrons. The monoisotopic (exact) mass is 438 g/mol. The molecule has 0 bridgehead atoms. The van der Waals surface area contributed by atoms with E-state index in [1.165, 1.54) is 4.57 Å². The molecule has 1 amide bonds. The standard InChI is InChI=1S/C22H22N4O4S/c1-29-10-9-23-20(27)14-5-3-13(4-6-14)12-26-21(28)19-18(25-22(26)31)16-11-15(30-2)7-8-17(16)24-19/h3-8,11,24H,9-10,12H2,1-2H3,(H,23,27)(H,25,31). The molecule has 0 aliphatic heterocycles. The highest BCUT2D eigenvalue weighted by Gasteiger charge is 2.13. The molecule has 9 heteroatoms. The van der Waals surface area contributed by atoms with Crippen LogP contribution in [-0.2, 0) is 11.3 Å². The Kier molecular flexibility index (Phi) is 5.88. The van der Waals surface area contributed by atoms with Crippen molar-refractivity contribution < 1.29 is 14.3 Å². The molecular formula is C22H22N4O4S. The quantitative estimate of drug-likeness (QED) is 0.304. The molecule has 160 valence electrons. The number of benzene rings is 2. The smallest absolute Gasteiger partial charge is 0.278 e. The second kappa shape index (κ2) is 8.75. The molecule has 0 unspecified atom stereocenters. The first-order valence-electron chi connectivity index (χ1n) is 9.70. The minimum atomic E-state index is -0.213. The van der Waals surface area contributed by atoms with Crippen molar-refractivity contribution >= 4 is 40.1 Å². The molecule has 4 aromatic rings. The summed E-state index contributed by atoms with van der Waals surface area (Å²) >= 11 is 5.47. The Morgan fingerprint density at radius 1 is 1.10 bits per heavy atom. The van der Waals surface area contributed by atoms with Crippen molar-refractivity contribution in [3.05, 3.63) is 68.7 Å². The second-order valence-electron chi connectivity index (χ2n) is 7.05. The van der Waals surface area contributed by atoms with Crippen molar-refractivity contribution in [2.75, 3.05) is 27.4 Å². The lowest BCUT2D eigenvalue weighted by Crippen LogP contribution is -2.27. The molecule has 0 saturated carbocycles. The van der Waals surface area contributed by atoms with Crippen molar-refractivity contribution in [2.45, 2.75) is 6.54 Å². The number of methoxy groups -OCH3 is 2. The number of nitrogens with one attached hydrogen (secondary N) is 3. The number of H-pyrrole nitrogens is 2. The number of nitrogens with zero attached hydrogens (tertiary/aromatic N) is 1. The average Bonchev–Trinajstić information content (AvgIpc) is 3.15. The lowest BCUT2D eigenvalue weighted by molar-refractivity contribution is 0.0937. The molecule has 0 spiro atoms. The van der Waals surface area contributed by atoms with Gasteiger partial charge in [0.05, 0.1) is 25.8 Å². The number of rotatable bonds is 7. The highest BCUT2D eigenvalue weighted by molar-refractivity contribution is 7.71. The van der Waals surface area contributed by atoms with Crippen LogP contribution in [0, 0.1) is 4.77 Å². The molecule has 3 N–H and O–H groups in total. The van der Waals surface area contributed by atoms with E-state index < -0.39 is 0 Å². The van der Waals surface area contributed by atoms with E-state index in [2.05, 4.69) is 15.3 Å². The highest BCUT2D eigenvalue weighted by atomic mass is 32.1. The van der Waals surface area contributed by atoms with Crippen LogP contribution in [0.2, 0.25) is 0 Å². The third-order valence-electron chi connectivity index (χ3n) is 5.09. The number of ether oxygens (including phenoxy) is 2. The molecule has 0 aliphatic rings. The lowest BCUT2D eigenvalue weighted by Gasteiger charge is -2.08. The van der Waals surface area contributed by atoms with Crippen molar-refractivity contribution in [3.63, 3.8) is 0 Å². The Balaban J connectivity index is 1.64. The minimum absolute atomic E-state index is 0.173. The number of fused-ring (bicyclic) bond motifs is 3. The first-order valence-corrected chi connectivity index (χ1v) is 10.1. The zero-order chi connectivity index (χ0) is 22.0. The molecule has 0 atom stereocenters. The van der Waals surface area contributed by atoms with E-state index in [-0.39, 0.29) is 18.0 Å². The number of aromatic nitrogens is 3. The number of hydrogen-bond acceptors (Lipinski definition) is 5. The van der Waals surface area contributed by atoms with Gasteiger partial charge in [0.15, 0.2) is 4.77 Å². The largest absolute Gasteiger partial charge is 0.497 e. The van der Waals surface area contributed by atoms with Crippen LogP contribution in [0.4, 0.5) is 0 Å². The van der Waals surface area contributed by atoms with Crippen LogP contribution in [0.25, 0.3) is 21.9 Å². The predicted molar refractivity (Wildman–Crippen MR) is 122 cm³/mol. The topological polar surface area (TPSA) is 101 Å². The highest BCUT2D eigenvalue weighted by Crippen LogP contribution is 2.26. The Morgan fingerprint density at radius 3 is 2.58 bits per heavy atom. The summed E-state index contributed by atoms with van der Waals surface area (Å²) in [6.45, 7) is 1.18. The zero-order valence-corrected chi connectivity index (χ0v) is 18.0. The number of carbonyl (C=O) groups is 1. The van der Waals surface area contributed by atoms with Crippen LogP contribution in [0.3, 0.4) is 0 Å². The fourth-order valence-electron chi connectivity index (χ4n) is 3.45. The van der Waals surface area contributed by atoms with Gasteiger partial charge in [-0.1, -0.05) is 12.1 Å². The average molecular weight is 439 g/mol. The van der Waals surface area contributed by atoms with E-state index >= 15 is 0 Å². The number of amides is 1. The van der Waals surface area contributed by atoms with Gasteiger partial charge in [0, 0.05) is 30.1 Å². The van der Waals surface area contributed by atoms with Crippen molar-refractivity contribution in [1.29, 1.82) is 0 Å². The Hall–Kier alpha value is -3.43. The normalized spacial score (nSPS) is 11.2. The van der Waals surface area contributed by atoms with Gasteiger partial charge < -0.3 is 24.8 Å². The van der Waals surface area contributed by atoms with Crippen LogP contribution in [0.15, 0.2) is 47.3 Å². The van der Waals surface area contributed by atoms with Gasteiger partial charge in [0.2, 0.25) is 0 Å². The fraction of sp³-hybridized carbons (Fsp3) is 0.227. The van der Waals surface area contributed by atoms with Gasteiger partial charge >= 0.3 is 0 Å². The molecule has 4 rings (SSSR count). The Labute approximate surface area is 182 Å². The molecule has 0 saturated heterocycles. The molecule has 2 aromatic carbocycles. The Bertz CT molecular complexity index is 1370. The summed E-state index contributed by atoms with van der Waals surface area (Å²) in [6.07, 6.45) is 0. The van der Waals surface area contributed by atoms with E-state index in [1.807, 2.05) is 30.3 Å². The second-order valence-corrected chi connectivity index (χ2v) is 7.44. The van der Waals surface area contributed by atoms with Crippen molar-refractivity contribution in [2.24, 2.45) is 0 Å². The lowest BCUT2D eigenvalue weighted by atomic mass is 10.1. The van der Waals surface area contributed by atoms with Crippen LogP contribution >= 0.6 is 12.2 Å². The molecule has 0 aliphatic carbocycles. The van der Waals surface area contributed by atoms with Gasteiger partial charge in [-0.05, 0) is 48.1 Å². The van der Waals surface area contributed by atoms with Crippen LogP contribution in [0.1, 0.15) is 15.9 Å². The van der Waals surface area contributed by atoms with Gasteiger partial charge in [-0.15, -0.1) is 0 Å². The number of hydrogen-bond donors (Lipinski definition) is 3. The van der Waals surface area contributed by atoms with E-state index in [4.69, 9.17) is 21.7 Å². The van der Waals surface area contributed by atoms with Gasteiger partial charge in [0.1, 0.15) is 11.3 Å². The summed E-state index contributed by atoms with van der Waals surface area (Å²) in [4.78, 5) is 31.6. The van der Waals surface area contributed by atoms with Gasteiger partial charge in [-0.3, -0.25) is 14.2 Å². The number of aromatic amines is 2. The van der Waals surface area contributed by atoms with Crippen molar-refractivity contribution in [1.82, 2.24) is 19.9 Å². The van der Waals surface area contributed by atoms with Crippen LogP contribution in [0.5, 0.6) is 5.75 Å². The molecule has 2 aromatic heterocycles. The maximum atomic E-state index is 13.1. The third-order valence-corrected chi connectivity index (χ3v) is 5.41. The summed E-state index contributed by atoms with van der Waals surface area (Å²) in [5, 5.41) is 3.62. The third kappa shape index (κ3) is 4.10. The van der Waals surface area contributed by atoms with Gasteiger partial charge in [0.25, 0.3) is 11.5 Å². The minimum Gasteiger partial charge on any atom is -0.497 e. The Morgan fingerprint density at radius 2 is 1.87 bits per heavy atom. The van der Waals surface area contributed by atoms with E-state index in [9.17, 15) is 9.59 Å². The fourth-order valence-corrected chi connectivity index (χ4v) is 3.70. The first kappa shape index (κ1) is 20.8. The molecule has 31 heavy (non-hydrogen) atoms. The van der Waals surface area contributed by atoms with E-state index in [0.717, 1.165) is 16.5 Å². The molecule has 2 heterocycles. The number of carbonyl (C=O) groups excluding carboxylic acids is 1. The summed E-state index contributed by atoms with van der Waals surface area (Å²) in [6, 6.07) is 12.6. The summed E-state index contributed by atoms with van der Waals surface area (Å²) in [5.41, 5.74) is 3.11. The zero-order valence-electron chi connectivity index (χ0n) is 17.2. The summed E-state index contributed by atoms with van der Waals surface area (Å²) < 4.78 is 12.0. The molecule has 0 fully saturated rings. The van der Waals surface area contributed by atoms with Crippen LogP contribution in [-0.4, -0.2) is 47.8 Å². The van der Waals surface area contributed by atoms with Gasteiger partial charge in [-0.2, -0.15) is 0 Å². The maximum absolute atomic E-state index is 13.1. The molecular weight excluding hydrogens is 416 g/mol. The SMILES string of the molecule is COCCNC(=O)c1ccc(Cn2c(=S)[nH]c3c([nH]c4ccc(OC)cc43)c2=O)cc1. The van der Waals surface area contributed by atoms with Crippen LogP contribution < -0.4 is 15.6 Å². The molecule has 8 nitrogen and oxygen atoms in total. The summed E-state index contributed by atoms with van der Waals surface area (Å²) in [7, 11) is 3.18. The van der Waals surface area contributed by atoms with Crippen molar-refractivity contribution in [3.8, 4) is 5.75 Å². The van der Waals surface area contributed by atoms with E-state index in [1.54, 1.807) is 26.4 Å². The summed E-state index contributed by atoms with van der Waals surface area (Å²) in [5.74, 6) is 0.524. The van der Waals surface area contributed by atoms with E-state index in [0.29, 0.717) is 40.3 Å². The van der Waals surface area contributed by atoms with Gasteiger partial charge in [-0.25, -0.2) is 0 Å². The predicted octanol–water partition coefficient (Wildman–Crippen LogP) is 2.97. The first-order chi connectivity index (χ1) is 15.0. The maximum Gasteiger partial charge on any atom is 0.278 e.